The molecule has 0 unspecified atom stereocenters. The van der Waals surface area contributed by atoms with Crippen LogP contribution in [0.2, 0.25) is 0 Å². The Labute approximate surface area is 109 Å². The number of pyridine rings is 1. The van der Waals surface area contributed by atoms with Crippen LogP contribution < -0.4 is 10.1 Å². The van der Waals surface area contributed by atoms with Crippen molar-refractivity contribution in [3.05, 3.63) is 35.0 Å². The van der Waals surface area contributed by atoms with Crippen molar-refractivity contribution in [1.29, 1.82) is 0 Å². The maximum absolute atomic E-state index is 5.75. The molecule has 1 aliphatic rings. The van der Waals surface area contributed by atoms with E-state index in [1.807, 2.05) is 26.0 Å². The van der Waals surface area contributed by atoms with Gasteiger partial charge < -0.3 is 10.1 Å². The quantitative estimate of drug-likeness (QED) is 0.784. The van der Waals surface area contributed by atoms with Gasteiger partial charge in [0, 0.05) is 23.8 Å². The Kier molecular flexibility index (Phi) is 4.37. The zero-order valence-electron chi connectivity index (χ0n) is 11.5. The van der Waals surface area contributed by atoms with E-state index in [4.69, 9.17) is 4.74 Å². The summed E-state index contributed by atoms with van der Waals surface area (Å²) in [5.74, 6) is 0.777. The number of hydrogen-bond acceptors (Lipinski definition) is 3. The number of rotatable bonds is 6. The molecular weight excluding hydrogens is 224 g/mol. The molecule has 0 atom stereocenters. The third kappa shape index (κ3) is 3.57. The largest absolute Gasteiger partial charge is 0.473 e. The van der Waals surface area contributed by atoms with Gasteiger partial charge in [-0.05, 0) is 45.2 Å². The highest BCUT2D eigenvalue weighted by atomic mass is 16.5. The van der Waals surface area contributed by atoms with Crippen LogP contribution in [0.4, 0.5) is 0 Å². The molecular formula is C15H22N2O. The fourth-order valence-corrected chi connectivity index (χ4v) is 1.92. The van der Waals surface area contributed by atoms with Crippen LogP contribution in [0.3, 0.4) is 0 Å². The average Bonchev–Trinajstić information content (AvgIpc) is 3.12. The van der Waals surface area contributed by atoms with E-state index in [-0.39, 0.29) is 0 Å². The molecule has 3 heteroatoms. The molecule has 1 fully saturated rings. The van der Waals surface area contributed by atoms with Crippen LogP contribution in [0.25, 0.3) is 0 Å². The van der Waals surface area contributed by atoms with Crippen molar-refractivity contribution in [2.75, 3.05) is 6.61 Å². The zero-order valence-corrected chi connectivity index (χ0v) is 11.5. The van der Waals surface area contributed by atoms with Crippen LogP contribution in [-0.4, -0.2) is 17.6 Å². The number of nitrogens with zero attached hydrogens (tertiary/aromatic N) is 1. The summed E-state index contributed by atoms with van der Waals surface area (Å²) in [5, 5.41) is 3.53. The van der Waals surface area contributed by atoms with Gasteiger partial charge in [-0.25, -0.2) is 4.98 Å². The molecule has 0 aromatic carbocycles. The molecule has 18 heavy (non-hydrogen) atoms. The van der Waals surface area contributed by atoms with Crippen molar-refractivity contribution < 1.29 is 4.74 Å². The lowest BCUT2D eigenvalue weighted by Crippen LogP contribution is -2.17. The lowest BCUT2D eigenvalue weighted by atomic mass is 10.1. The van der Waals surface area contributed by atoms with Crippen molar-refractivity contribution in [2.45, 2.75) is 46.2 Å². The second-order valence-electron chi connectivity index (χ2n) is 4.90. The first-order valence-electron chi connectivity index (χ1n) is 6.65. The van der Waals surface area contributed by atoms with Gasteiger partial charge in [-0.2, -0.15) is 0 Å². The molecule has 0 bridgehead atoms. The fraction of sp³-hybridized carbons (Fsp3) is 0.533. The normalized spacial score (nSPS) is 15.3. The van der Waals surface area contributed by atoms with Crippen molar-refractivity contribution in [3.63, 3.8) is 0 Å². The summed E-state index contributed by atoms with van der Waals surface area (Å²) in [7, 11) is 0. The molecule has 0 radical (unpaired) electrons. The fourth-order valence-electron chi connectivity index (χ4n) is 1.92. The molecule has 0 amide bonds. The van der Waals surface area contributed by atoms with Gasteiger partial charge in [0.2, 0.25) is 5.88 Å². The molecule has 1 aromatic rings. The Morgan fingerprint density at radius 1 is 1.44 bits per heavy atom. The monoisotopic (exact) mass is 246 g/mol. The Bertz CT molecular complexity index is 436. The summed E-state index contributed by atoms with van der Waals surface area (Å²) in [6.45, 7) is 7.57. The van der Waals surface area contributed by atoms with Crippen molar-refractivity contribution >= 4 is 0 Å². The number of aromatic nitrogens is 1. The highest BCUT2D eigenvalue weighted by Gasteiger charge is 2.21. The van der Waals surface area contributed by atoms with Gasteiger partial charge >= 0.3 is 0 Å². The first-order valence-corrected chi connectivity index (χ1v) is 6.65. The number of hydrogen-bond donors (Lipinski definition) is 1. The molecule has 2 rings (SSSR count). The number of aryl methyl sites for hydroxylation is 2. The number of ether oxygens (including phenoxy) is 1. The number of nitrogens with one attached hydrogen (secondary N) is 1. The predicted octanol–water partition coefficient (Wildman–Crippen LogP) is 2.91. The minimum atomic E-state index is 0.586. The zero-order chi connectivity index (χ0) is 13.0. The van der Waals surface area contributed by atoms with Crippen LogP contribution >= 0.6 is 0 Å². The third-order valence-electron chi connectivity index (χ3n) is 3.13. The van der Waals surface area contributed by atoms with Gasteiger partial charge in [0.25, 0.3) is 0 Å². The lowest BCUT2D eigenvalue weighted by molar-refractivity contribution is 0.341. The summed E-state index contributed by atoms with van der Waals surface area (Å²) in [6.07, 6.45) is 6.59. The van der Waals surface area contributed by atoms with Gasteiger partial charge in [-0.1, -0.05) is 12.2 Å². The van der Waals surface area contributed by atoms with Crippen molar-refractivity contribution in [2.24, 2.45) is 0 Å². The first kappa shape index (κ1) is 13.1. The summed E-state index contributed by atoms with van der Waals surface area (Å²) in [4.78, 5) is 4.51. The molecule has 1 heterocycles. The van der Waals surface area contributed by atoms with Gasteiger partial charge in [-0.15, -0.1) is 0 Å². The SMILES string of the molecule is C/C=C/COc1nc(C)cc(C)c1CNC1CC1. The van der Waals surface area contributed by atoms with Gasteiger partial charge in [0.05, 0.1) is 0 Å². The van der Waals surface area contributed by atoms with E-state index in [1.165, 1.54) is 24.0 Å². The van der Waals surface area contributed by atoms with Crippen LogP contribution in [0.15, 0.2) is 18.2 Å². The smallest absolute Gasteiger partial charge is 0.218 e. The Hall–Kier alpha value is -1.35. The minimum absolute atomic E-state index is 0.586. The highest BCUT2D eigenvalue weighted by molar-refractivity contribution is 5.36. The summed E-state index contributed by atoms with van der Waals surface area (Å²) in [5.41, 5.74) is 3.46. The van der Waals surface area contributed by atoms with Crippen LogP contribution in [0.1, 0.15) is 36.6 Å². The molecule has 98 valence electrons. The molecule has 0 aliphatic heterocycles. The van der Waals surface area contributed by atoms with Crippen LogP contribution in [-0.2, 0) is 6.54 Å². The lowest BCUT2D eigenvalue weighted by Gasteiger charge is -2.13. The second-order valence-corrected chi connectivity index (χ2v) is 4.90. The molecule has 1 N–H and O–H groups in total. The van der Waals surface area contributed by atoms with Gasteiger partial charge in [0.1, 0.15) is 6.61 Å². The van der Waals surface area contributed by atoms with Gasteiger partial charge in [0.15, 0.2) is 0 Å². The summed E-state index contributed by atoms with van der Waals surface area (Å²) >= 11 is 0. The van der Waals surface area contributed by atoms with Crippen LogP contribution in [0.5, 0.6) is 5.88 Å². The van der Waals surface area contributed by atoms with E-state index in [0.29, 0.717) is 12.6 Å². The summed E-state index contributed by atoms with van der Waals surface area (Å²) in [6, 6.07) is 2.82. The summed E-state index contributed by atoms with van der Waals surface area (Å²) < 4.78 is 5.75. The topological polar surface area (TPSA) is 34.1 Å². The second kappa shape index (κ2) is 6.01. The Morgan fingerprint density at radius 2 is 2.22 bits per heavy atom. The maximum Gasteiger partial charge on any atom is 0.218 e. The van der Waals surface area contributed by atoms with Crippen molar-refractivity contribution in [1.82, 2.24) is 10.3 Å². The molecule has 0 spiro atoms. The highest BCUT2D eigenvalue weighted by Crippen LogP contribution is 2.24. The van der Waals surface area contributed by atoms with E-state index < -0.39 is 0 Å². The Morgan fingerprint density at radius 3 is 2.89 bits per heavy atom. The van der Waals surface area contributed by atoms with E-state index in [2.05, 4.69) is 23.3 Å². The maximum atomic E-state index is 5.75. The molecule has 1 aliphatic carbocycles. The number of allylic oxidation sites excluding steroid dienone is 1. The molecule has 3 nitrogen and oxygen atoms in total. The van der Waals surface area contributed by atoms with Gasteiger partial charge in [-0.3, -0.25) is 0 Å². The minimum Gasteiger partial charge on any atom is -0.473 e. The van der Waals surface area contributed by atoms with Crippen molar-refractivity contribution in [3.8, 4) is 5.88 Å². The van der Waals surface area contributed by atoms with E-state index in [1.54, 1.807) is 0 Å². The van der Waals surface area contributed by atoms with Crippen LogP contribution in [0, 0.1) is 13.8 Å². The van der Waals surface area contributed by atoms with E-state index in [9.17, 15) is 0 Å². The predicted molar refractivity (Wildman–Crippen MR) is 73.9 cm³/mol. The van der Waals surface area contributed by atoms with E-state index >= 15 is 0 Å². The molecule has 1 aromatic heterocycles. The third-order valence-corrected chi connectivity index (χ3v) is 3.13. The molecule has 1 saturated carbocycles. The standard InChI is InChI=1S/C15H22N2O/c1-4-5-8-18-15-14(10-16-13-6-7-13)11(2)9-12(3)17-15/h4-5,9,13,16H,6-8,10H2,1-3H3/b5-4+. The Balaban J connectivity index is 2.11. The van der Waals surface area contributed by atoms with E-state index in [0.717, 1.165) is 18.1 Å². The average molecular weight is 246 g/mol. The first-order chi connectivity index (χ1) is 8.70. The molecule has 0 saturated heterocycles.